The van der Waals surface area contributed by atoms with Gasteiger partial charge in [-0.1, -0.05) is 30.3 Å². The summed E-state index contributed by atoms with van der Waals surface area (Å²) in [5, 5.41) is 21.2. The maximum atomic E-state index is 9.92. The summed E-state index contributed by atoms with van der Waals surface area (Å²) in [6.07, 6.45) is 3.99. The number of aromatic nitrogens is 2. The molecule has 0 amide bonds. The van der Waals surface area contributed by atoms with Crippen molar-refractivity contribution in [1.29, 1.82) is 5.26 Å². The van der Waals surface area contributed by atoms with Crippen LogP contribution in [0.3, 0.4) is 0 Å². The van der Waals surface area contributed by atoms with Crippen molar-refractivity contribution in [2.24, 2.45) is 5.92 Å². The first kappa shape index (κ1) is 18.5. The van der Waals surface area contributed by atoms with Crippen LogP contribution >= 0.6 is 15.9 Å². The number of hydrogen-bond donors (Lipinski definition) is 2. The van der Waals surface area contributed by atoms with Gasteiger partial charge in [0.2, 0.25) is 5.69 Å². The van der Waals surface area contributed by atoms with E-state index >= 15 is 0 Å². The van der Waals surface area contributed by atoms with Crippen molar-refractivity contribution in [3.05, 3.63) is 58.0 Å². The summed E-state index contributed by atoms with van der Waals surface area (Å²) in [7, 11) is 0. The Morgan fingerprint density at radius 3 is 2.89 bits per heavy atom. The largest absolute Gasteiger partial charge is 0.378 e. The van der Waals surface area contributed by atoms with Crippen LogP contribution in [0.15, 0.2) is 41.0 Å². The molecule has 1 atom stereocenters. The zero-order chi connectivity index (χ0) is 19.5. The molecular weight excluding hydrogens is 416 g/mol. The molecule has 0 spiro atoms. The molecule has 2 aromatic heterocycles. The molecule has 6 nitrogen and oxygen atoms in total. The summed E-state index contributed by atoms with van der Waals surface area (Å²) < 4.78 is 2.42. The van der Waals surface area contributed by atoms with Gasteiger partial charge in [-0.2, -0.15) is 10.4 Å². The summed E-state index contributed by atoms with van der Waals surface area (Å²) >= 11 is 3.52. The molecule has 1 fully saturated rings. The van der Waals surface area contributed by atoms with Crippen LogP contribution in [-0.2, 0) is 0 Å². The Bertz CT molecular complexity index is 1080. The van der Waals surface area contributed by atoms with Gasteiger partial charge in [0.15, 0.2) is 0 Å². The van der Waals surface area contributed by atoms with Crippen LogP contribution in [0.5, 0.6) is 0 Å². The second kappa shape index (κ2) is 8.02. The second-order valence-corrected chi connectivity index (χ2v) is 7.74. The number of pyridine rings is 1. The third-order valence-corrected chi connectivity index (χ3v) is 5.71. The molecule has 1 aliphatic heterocycles. The number of nitriles is 1. The lowest BCUT2D eigenvalue weighted by atomic mass is 9.97. The first-order valence-corrected chi connectivity index (χ1v) is 10.0. The van der Waals surface area contributed by atoms with Gasteiger partial charge in [-0.25, -0.2) is 9.36 Å². The molecule has 1 aromatic carbocycles. The first-order valence-electron chi connectivity index (χ1n) is 9.25. The topological polar surface area (TPSA) is 69.5 Å². The Morgan fingerprint density at radius 1 is 1.39 bits per heavy atom. The van der Waals surface area contributed by atoms with Crippen LogP contribution in [0.1, 0.15) is 18.4 Å². The average Bonchev–Trinajstić information content (AvgIpc) is 3.14. The van der Waals surface area contributed by atoms with Gasteiger partial charge in [0.1, 0.15) is 11.9 Å². The maximum Gasteiger partial charge on any atom is 0.237 e. The van der Waals surface area contributed by atoms with Crippen molar-refractivity contribution in [2.45, 2.75) is 12.8 Å². The molecule has 1 unspecified atom stereocenters. The van der Waals surface area contributed by atoms with Gasteiger partial charge in [0, 0.05) is 12.1 Å². The van der Waals surface area contributed by atoms with Crippen LogP contribution in [0.4, 0.5) is 11.5 Å². The fourth-order valence-electron chi connectivity index (χ4n) is 3.78. The molecule has 3 heterocycles. The highest BCUT2D eigenvalue weighted by Gasteiger charge is 2.24. The lowest BCUT2D eigenvalue weighted by Crippen LogP contribution is -2.33. The Labute approximate surface area is 172 Å². The number of halogens is 1. The van der Waals surface area contributed by atoms with Crippen molar-refractivity contribution in [1.82, 2.24) is 14.9 Å². The normalized spacial score (nSPS) is 16.5. The van der Waals surface area contributed by atoms with Gasteiger partial charge in [-0.15, -0.1) is 0 Å². The minimum Gasteiger partial charge on any atom is -0.378 e. The molecule has 7 heteroatoms. The Balaban J connectivity index is 1.91. The number of nitrogens with one attached hydrogen (secondary N) is 2. The summed E-state index contributed by atoms with van der Waals surface area (Å²) in [5.74, 6) is 1.14. The molecule has 4 rings (SSSR count). The molecule has 0 radical (unpaired) electrons. The van der Waals surface area contributed by atoms with Crippen LogP contribution in [0.25, 0.3) is 21.5 Å². The quantitative estimate of drug-likeness (QED) is 0.588. The number of fused-ring (bicyclic) bond motifs is 1. The van der Waals surface area contributed by atoms with E-state index < -0.39 is 0 Å². The third-order valence-electron chi connectivity index (χ3n) is 5.13. The van der Waals surface area contributed by atoms with Gasteiger partial charge in [0.25, 0.3) is 0 Å². The lowest BCUT2D eigenvalue weighted by Gasteiger charge is -2.24. The van der Waals surface area contributed by atoms with E-state index in [1.54, 1.807) is 10.7 Å². The smallest absolute Gasteiger partial charge is 0.237 e. The van der Waals surface area contributed by atoms with Crippen LogP contribution in [0, 0.1) is 23.8 Å². The van der Waals surface area contributed by atoms with E-state index in [1.807, 2.05) is 30.3 Å². The van der Waals surface area contributed by atoms with Crippen LogP contribution < -0.4 is 10.6 Å². The molecule has 0 saturated carbocycles. The molecule has 2 N–H and O–H groups in total. The standard InChI is InChI=1S/C21H19BrN6/c1-24-19-18(15-7-3-2-4-8-15)16(10-23)20-17(22)13-27-28(20)21(19)26-12-14-6-5-9-25-11-14/h2-4,7-8,13-14,25-26H,5-6,9,11-12H2. The highest BCUT2D eigenvalue weighted by Crippen LogP contribution is 2.43. The van der Waals surface area contributed by atoms with Crippen LogP contribution in [0.2, 0.25) is 0 Å². The number of anilines is 1. The lowest BCUT2D eigenvalue weighted by molar-refractivity contribution is 0.392. The maximum absolute atomic E-state index is 9.92. The predicted molar refractivity (Wildman–Crippen MR) is 113 cm³/mol. The number of nitrogens with zero attached hydrogens (tertiary/aromatic N) is 4. The minimum atomic E-state index is 0.426. The second-order valence-electron chi connectivity index (χ2n) is 6.88. The minimum absolute atomic E-state index is 0.426. The SMILES string of the molecule is [C-]#[N+]c1c(-c2ccccc2)c(C#N)c2c(Br)cnn2c1NCC1CCCNC1. The summed E-state index contributed by atoms with van der Waals surface area (Å²) in [6.45, 7) is 10.6. The van der Waals surface area contributed by atoms with Gasteiger partial charge >= 0.3 is 0 Å². The fraction of sp³-hybridized carbons (Fsp3) is 0.286. The Hall–Kier alpha value is -2.87. The Morgan fingerprint density at radius 2 is 2.21 bits per heavy atom. The van der Waals surface area contributed by atoms with Gasteiger partial charge in [0.05, 0.1) is 28.3 Å². The van der Waals surface area contributed by atoms with E-state index in [0.29, 0.717) is 34.1 Å². The van der Waals surface area contributed by atoms with Gasteiger partial charge in [-0.05, 0) is 53.3 Å². The van der Waals surface area contributed by atoms with Gasteiger partial charge in [-0.3, -0.25) is 0 Å². The van der Waals surface area contributed by atoms with Crippen LogP contribution in [-0.4, -0.2) is 29.2 Å². The van der Waals surface area contributed by atoms with Crippen molar-refractivity contribution >= 4 is 33.0 Å². The average molecular weight is 435 g/mol. The fourth-order valence-corrected chi connectivity index (χ4v) is 4.24. The van der Waals surface area contributed by atoms with Crippen molar-refractivity contribution in [2.75, 3.05) is 25.0 Å². The predicted octanol–water partition coefficient (Wildman–Crippen LogP) is 4.60. The van der Waals surface area contributed by atoms with E-state index in [9.17, 15) is 5.26 Å². The molecular formula is C21H19BrN6. The number of hydrogen-bond acceptors (Lipinski definition) is 4. The third kappa shape index (κ3) is 3.24. The number of piperidine rings is 1. The molecule has 3 aromatic rings. The van der Waals surface area contributed by atoms with E-state index in [0.717, 1.165) is 42.5 Å². The molecule has 0 aliphatic carbocycles. The van der Waals surface area contributed by atoms with E-state index in [2.05, 4.69) is 42.6 Å². The Kier molecular flexibility index (Phi) is 5.29. The number of rotatable bonds is 4. The van der Waals surface area contributed by atoms with Crippen molar-refractivity contribution in [3.8, 4) is 17.2 Å². The highest BCUT2D eigenvalue weighted by atomic mass is 79.9. The molecule has 1 aliphatic rings. The van der Waals surface area contributed by atoms with E-state index in [1.165, 1.54) is 0 Å². The molecule has 28 heavy (non-hydrogen) atoms. The zero-order valence-electron chi connectivity index (χ0n) is 15.2. The van der Waals surface area contributed by atoms with E-state index in [-0.39, 0.29) is 0 Å². The highest BCUT2D eigenvalue weighted by molar-refractivity contribution is 9.10. The van der Waals surface area contributed by atoms with Crippen molar-refractivity contribution < 1.29 is 0 Å². The summed E-state index contributed by atoms with van der Waals surface area (Å²) in [6, 6.07) is 11.9. The van der Waals surface area contributed by atoms with Crippen molar-refractivity contribution in [3.63, 3.8) is 0 Å². The molecule has 140 valence electrons. The zero-order valence-corrected chi connectivity index (χ0v) is 16.8. The monoisotopic (exact) mass is 434 g/mol. The number of benzene rings is 1. The van der Waals surface area contributed by atoms with Gasteiger partial charge < -0.3 is 10.6 Å². The molecule has 1 saturated heterocycles. The molecule has 0 bridgehead atoms. The summed E-state index contributed by atoms with van der Waals surface area (Å²) in [4.78, 5) is 3.82. The summed E-state index contributed by atoms with van der Waals surface area (Å²) in [5.41, 5.74) is 3.05. The van der Waals surface area contributed by atoms with E-state index in [4.69, 9.17) is 6.57 Å². The first-order chi connectivity index (χ1) is 13.7.